The van der Waals surface area contributed by atoms with Gasteiger partial charge in [0.15, 0.2) is 0 Å². The summed E-state index contributed by atoms with van der Waals surface area (Å²) in [6.45, 7) is 5.97. The van der Waals surface area contributed by atoms with Crippen LogP contribution >= 0.6 is 0 Å². The van der Waals surface area contributed by atoms with E-state index in [4.69, 9.17) is 4.52 Å². The molecule has 1 fully saturated rings. The third kappa shape index (κ3) is 3.29. The van der Waals surface area contributed by atoms with Gasteiger partial charge in [-0.3, -0.25) is 4.90 Å². The van der Waals surface area contributed by atoms with E-state index in [0.29, 0.717) is 6.04 Å². The van der Waals surface area contributed by atoms with Crippen LogP contribution in [-0.4, -0.2) is 26.6 Å². The van der Waals surface area contributed by atoms with Crippen LogP contribution in [0.3, 0.4) is 0 Å². The van der Waals surface area contributed by atoms with Crippen LogP contribution in [0.5, 0.6) is 0 Å². The molecule has 1 aliphatic heterocycles. The number of nitrogens with zero attached hydrogens (tertiary/aromatic N) is 4. The maximum Gasteiger partial charge on any atom is 0.133 e. The number of aromatic nitrogens is 3. The Morgan fingerprint density at radius 2 is 2.29 bits per heavy atom. The molecule has 0 N–H and O–H groups in total. The zero-order valence-electron chi connectivity index (χ0n) is 12.7. The predicted molar refractivity (Wildman–Crippen MR) is 79.7 cm³/mol. The van der Waals surface area contributed by atoms with Gasteiger partial charge in [0.1, 0.15) is 17.3 Å². The van der Waals surface area contributed by atoms with E-state index >= 15 is 0 Å². The summed E-state index contributed by atoms with van der Waals surface area (Å²) in [5.74, 6) is 1.80. The summed E-state index contributed by atoms with van der Waals surface area (Å²) < 4.78 is 5.25. The van der Waals surface area contributed by atoms with Gasteiger partial charge >= 0.3 is 0 Å². The van der Waals surface area contributed by atoms with Crippen molar-refractivity contribution in [1.29, 1.82) is 0 Å². The minimum Gasteiger partial charge on any atom is -0.361 e. The number of hydrogen-bond acceptors (Lipinski definition) is 5. The maximum atomic E-state index is 5.25. The first-order valence-electron chi connectivity index (χ1n) is 7.74. The molecule has 0 radical (unpaired) electrons. The highest BCUT2D eigenvalue weighted by Gasteiger charge is 2.26. The van der Waals surface area contributed by atoms with Crippen molar-refractivity contribution in [2.45, 2.75) is 52.1 Å². The zero-order valence-corrected chi connectivity index (χ0v) is 12.7. The average molecular weight is 286 g/mol. The third-order valence-corrected chi connectivity index (χ3v) is 4.05. The standard InChI is InChI=1S/C16H22N4O/c1-3-16-17-8-7-13(18-16)11-20-9-5-4-6-15(20)14-10-12(2)21-19-14/h7-8,10,15H,3-6,9,11H2,1-2H3/t15-/m0/s1. The second kappa shape index (κ2) is 6.35. The van der Waals surface area contributed by atoms with Crippen LogP contribution in [0.25, 0.3) is 0 Å². The molecule has 112 valence electrons. The normalized spacial score (nSPS) is 19.8. The van der Waals surface area contributed by atoms with Crippen molar-refractivity contribution in [1.82, 2.24) is 20.0 Å². The van der Waals surface area contributed by atoms with Gasteiger partial charge in [0.05, 0.1) is 11.7 Å². The lowest BCUT2D eigenvalue weighted by atomic mass is 9.99. The van der Waals surface area contributed by atoms with E-state index in [1.165, 1.54) is 12.8 Å². The number of likely N-dealkylation sites (tertiary alicyclic amines) is 1. The van der Waals surface area contributed by atoms with Crippen LogP contribution in [0.1, 0.15) is 55.2 Å². The maximum absolute atomic E-state index is 5.25. The molecule has 1 aliphatic rings. The van der Waals surface area contributed by atoms with Gasteiger partial charge in [0.2, 0.25) is 0 Å². The molecule has 2 aromatic rings. The Balaban J connectivity index is 1.77. The van der Waals surface area contributed by atoms with E-state index in [-0.39, 0.29) is 0 Å². The first-order valence-corrected chi connectivity index (χ1v) is 7.74. The van der Waals surface area contributed by atoms with E-state index in [1.807, 2.05) is 19.2 Å². The summed E-state index contributed by atoms with van der Waals surface area (Å²) in [5, 5.41) is 4.22. The quantitative estimate of drug-likeness (QED) is 0.864. The third-order valence-electron chi connectivity index (χ3n) is 4.05. The fraction of sp³-hybridized carbons (Fsp3) is 0.562. The first-order chi connectivity index (χ1) is 10.3. The van der Waals surface area contributed by atoms with Crippen LogP contribution < -0.4 is 0 Å². The van der Waals surface area contributed by atoms with Crippen LogP contribution in [0.4, 0.5) is 0 Å². The van der Waals surface area contributed by atoms with Crippen LogP contribution in [0.2, 0.25) is 0 Å². The Kier molecular flexibility index (Phi) is 4.29. The smallest absolute Gasteiger partial charge is 0.133 e. The van der Waals surface area contributed by atoms with Crippen LogP contribution in [0.15, 0.2) is 22.9 Å². The zero-order chi connectivity index (χ0) is 14.7. The molecule has 5 nitrogen and oxygen atoms in total. The van der Waals surface area contributed by atoms with E-state index < -0.39 is 0 Å². The molecule has 1 atom stereocenters. The van der Waals surface area contributed by atoms with Gasteiger partial charge in [0, 0.05) is 25.2 Å². The van der Waals surface area contributed by atoms with Gasteiger partial charge < -0.3 is 4.52 Å². The van der Waals surface area contributed by atoms with Gasteiger partial charge in [0.25, 0.3) is 0 Å². The van der Waals surface area contributed by atoms with E-state index in [1.54, 1.807) is 0 Å². The Morgan fingerprint density at radius 1 is 1.38 bits per heavy atom. The highest BCUT2D eigenvalue weighted by Crippen LogP contribution is 2.31. The monoisotopic (exact) mass is 286 g/mol. The van der Waals surface area contributed by atoms with E-state index in [9.17, 15) is 0 Å². The fourth-order valence-electron chi connectivity index (χ4n) is 2.97. The molecule has 0 aliphatic carbocycles. The molecule has 3 rings (SSSR count). The lowest BCUT2D eigenvalue weighted by molar-refractivity contribution is 0.132. The Hall–Kier alpha value is -1.75. The molecule has 0 unspecified atom stereocenters. The Morgan fingerprint density at radius 3 is 3.05 bits per heavy atom. The molecule has 0 aromatic carbocycles. The van der Waals surface area contributed by atoms with Crippen molar-refractivity contribution in [3.8, 4) is 0 Å². The van der Waals surface area contributed by atoms with Gasteiger partial charge in [-0.05, 0) is 32.4 Å². The molecule has 0 amide bonds. The minimum atomic E-state index is 0.344. The second-order valence-electron chi connectivity index (χ2n) is 5.66. The van der Waals surface area contributed by atoms with Crippen LogP contribution in [0, 0.1) is 6.92 Å². The summed E-state index contributed by atoms with van der Waals surface area (Å²) in [4.78, 5) is 11.4. The van der Waals surface area contributed by atoms with E-state index in [0.717, 1.165) is 48.9 Å². The summed E-state index contributed by atoms with van der Waals surface area (Å²) in [5.41, 5.74) is 2.14. The highest BCUT2D eigenvalue weighted by atomic mass is 16.5. The Labute approximate surface area is 125 Å². The molecular weight excluding hydrogens is 264 g/mol. The summed E-state index contributed by atoms with van der Waals surface area (Å²) in [6.07, 6.45) is 6.36. The SMILES string of the molecule is CCc1nccc(CN2CCCC[C@H]2c2cc(C)on2)n1. The van der Waals surface area contributed by atoms with Gasteiger partial charge in [-0.15, -0.1) is 0 Å². The van der Waals surface area contributed by atoms with Gasteiger partial charge in [-0.1, -0.05) is 18.5 Å². The minimum absolute atomic E-state index is 0.344. The fourth-order valence-corrected chi connectivity index (χ4v) is 2.97. The lowest BCUT2D eigenvalue weighted by Crippen LogP contribution is -2.33. The molecule has 3 heterocycles. The summed E-state index contributed by atoms with van der Waals surface area (Å²) in [7, 11) is 0. The molecule has 5 heteroatoms. The molecule has 0 bridgehead atoms. The van der Waals surface area contributed by atoms with Crippen molar-refractivity contribution < 1.29 is 4.52 Å². The molecule has 1 saturated heterocycles. The average Bonchev–Trinajstić information content (AvgIpc) is 2.94. The van der Waals surface area contributed by atoms with Crippen molar-refractivity contribution in [2.24, 2.45) is 0 Å². The topological polar surface area (TPSA) is 55.1 Å². The predicted octanol–water partition coefficient (Wildman–Crippen LogP) is 3.06. The molecule has 2 aromatic heterocycles. The van der Waals surface area contributed by atoms with Crippen molar-refractivity contribution in [2.75, 3.05) is 6.54 Å². The van der Waals surface area contributed by atoms with Gasteiger partial charge in [-0.25, -0.2) is 9.97 Å². The molecule has 21 heavy (non-hydrogen) atoms. The summed E-state index contributed by atoms with van der Waals surface area (Å²) in [6, 6.07) is 4.41. The lowest BCUT2D eigenvalue weighted by Gasteiger charge is -2.34. The number of aryl methyl sites for hydroxylation is 2. The number of rotatable bonds is 4. The number of hydrogen-bond donors (Lipinski definition) is 0. The van der Waals surface area contributed by atoms with Gasteiger partial charge in [-0.2, -0.15) is 0 Å². The molecule has 0 saturated carbocycles. The first kappa shape index (κ1) is 14.2. The molecular formula is C16H22N4O. The van der Waals surface area contributed by atoms with Crippen LogP contribution in [-0.2, 0) is 13.0 Å². The summed E-state index contributed by atoms with van der Waals surface area (Å²) >= 11 is 0. The van der Waals surface area contributed by atoms with Crippen molar-refractivity contribution >= 4 is 0 Å². The highest BCUT2D eigenvalue weighted by molar-refractivity contribution is 5.11. The van der Waals surface area contributed by atoms with E-state index in [2.05, 4.69) is 33.0 Å². The molecule has 0 spiro atoms. The largest absolute Gasteiger partial charge is 0.361 e. The van der Waals surface area contributed by atoms with Crippen molar-refractivity contribution in [3.05, 3.63) is 41.3 Å². The number of piperidine rings is 1. The second-order valence-corrected chi connectivity index (χ2v) is 5.66. The Bertz CT molecular complexity index is 595. The van der Waals surface area contributed by atoms with Crippen molar-refractivity contribution in [3.63, 3.8) is 0 Å².